The van der Waals surface area contributed by atoms with Crippen molar-refractivity contribution in [2.45, 2.75) is 13.0 Å². The molecule has 0 fully saturated rings. The Morgan fingerprint density at radius 2 is 2.00 bits per heavy atom. The molecule has 0 saturated carbocycles. The van der Waals surface area contributed by atoms with Crippen molar-refractivity contribution in [1.29, 1.82) is 0 Å². The summed E-state index contributed by atoms with van der Waals surface area (Å²) in [6.45, 7) is 2.91. The average molecular weight is 294 g/mol. The van der Waals surface area contributed by atoms with Gasteiger partial charge in [0.05, 0.1) is 0 Å². The second-order valence-electron chi connectivity index (χ2n) is 6.10. The lowest BCUT2D eigenvalue weighted by atomic mass is 9.84. The molecule has 0 aliphatic carbocycles. The summed E-state index contributed by atoms with van der Waals surface area (Å²) in [5, 5.41) is 3.37. The topological polar surface area (TPSA) is 15.3 Å². The van der Waals surface area contributed by atoms with E-state index in [1.54, 1.807) is 12.1 Å². The number of benzene rings is 2. The van der Waals surface area contributed by atoms with Crippen LogP contribution in [0.4, 0.5) is 10.1 Å². The lowest BCUT2D eigenvalue weighted by Crippen LogP contribution is -2.32. The maximum Gasteiger partial charge on any atom is 0.125 e. The normalized spacial score (nSPS) is 19.8. The smallest absolute Gasteiger partial charge is 0.125 e. The predicted octanol–water partition coefficient (Wildman–Crippen LogP) is 4.11. The van der Waals surface area contributed by atoms with E-state index in [1.807, 2.05) is 12.1 Å². The van der Waals surface area contributed by atoms with E-state index in [9.17, 15) is 4.39 Å². The monoisotopic (exact) mass is 294 g/mol. The van der Waals surface area contributed by atoms with E-state index in [4.69, 9.17) is 0 Å². The molecule has 0 radical (unpaired) electrons. The first kappa shape index (κ1) is 13.4. The summed E-state index contributed by atoms with van der Waals surface area (Å²) in [5.41, 5.74) is 4.74. The van der Waals surface area contributed by atoms with Crippen molar-refractivity contribution in [2.24, 2.45) is 5.92 Å². The highest BCUT2D eigenvalue weighted by molar-refractivity contribution is 5.80. The van der Waals surface area contributed by atoms with Crippen LogP contribution in [0.3, 0.4) is 0 Å². The van der Waals surface area contributed by atoms with Crippen LogP contribution in [0.2, 0.25) is 0 Å². The molecule has 2 nitrogen and oxygen atoms in total. The van der Waals surface area contributed by atoms with Crippen LogP contribution in [-0.2, 0) is 6.54 Å². The number of hydrogen-bond acceptors (Lipinski definition) is 2. The second-order valence-corrected chi connectivity index (χ2v) is 6.10. The molecule has 0 spiro atoms. The maximum atomic E-state index is 13.4. The summed E-state index contributed by atoms with van der Waals surface area (Å²) >= 11 is 0. The highest BCUT2D eigenvalue weighted by Crippen LogP contribution is 2.39. The molecule has 1 N–H and O–H groups in total. The predicted molar refractivity (Wildman–Crippen MR) is 87.8 cm³/mol. The van der Waals surface area contributed by atoms with Gasteiger partial charge in [-0.1, -0.05) is 30.3 Å². The van der Waals surface area contributed by atoms with Crippen molar-refractivity contribution in [3.05, 3.63) is 71.7 Å². The summed E-state index contributed by atoms with van der Waals surface area (Å²) in [7, 11) is 0. The Morgan fingerprint density at radius 1 is 1.14 bits per heavy atom. The van der Waals surface area contributed by atoms with Crippen molar-refractivity contribution < 1.29 is 4.39 Å². The summed E-state index contributed by atoms with van der Waals surface area (Å²) in [5.74, 6) is 0.354. The minimum absolute atomic E-state index is 0.178. The summed E-state index contributed by atoms with van der Waals surface area (Å²) in [6, 6.07) is 15.6. The van der Waals surface area contributed by atoms with Gasteiger partial charge in [0.1, 0.15) is 5.82 Å². The molecule has 4 rings (SSSR count). The van der Waals surface area contributed by atoms with Gasteiger partial charge in [-0.15, -0.1) is 0 Å². The van der Waals surface area contributed by atoms with Gasteiger partial charge in [-0.2, -0.15) is 0 Å². The molecule has 0 aromatic heterocycles. The van der Waals surface area contributed by atoms with Gasteiger partial charge in [-0.25, -0.2) is 4.39 Å². The van der Waals surface area contributed by atoms with Crippen LogP contribution in [0.15, 0.2) is 54.7 Å². The van der Waals surface area contributed by atoms with Gasteiger partial charge in [0.2, 0.25) is 0 Å². The first-order chi connectivity index (χ1) is 10.8. The number of halogens is 1. The van der Waals surface area contributed by atoms with Crippen LogP contribution >= 0.6 is 0 Å². The van der Waals surface area contributed by atoms with Crippen LogP contribution < -0.4 is 5.32 Å². The molecular formula is C19H19FN2. The quantitative estimate of drug-likeness (QED) is 0.896. The summed E-state index contributed by atoms with van der Waals surface area (Å²) in [4.78, 5) is 2.37. The number of anilines is 1. The fraction of sp³-hybridized carbons (Fsp3) is 0.263. The first-order valence-electron chi connectivity index (χ1n) is 7.83. The zero-order chi connectivity index (χ0) is 14.9. The molecule has 3 heteroatoms. The number of nitrogens with one attached hydrogen (secondary N) is 1. The molecule has 2 aliphatic heterocycles. The highest BCUT2D eigenvalue weighted by atomic mass is 19.1. The number of hydrogen-bond donors (Lipinski definition) is 1. The summed E-state index contributed by atoms with van der Waals surface area (Å²) in [6.07, 6.45) is 3.42. The molecule has 112 valence electrons. The van der Waals surface area contributed by atoms with E-state index in [0.29, 0.717) is 5.92 Å². The summed E-state index contributed by atoms with van der Waals surface area (Å²) < 4.78 is 13.4. The van der Waals surface area contributed by atoms with E-state index in [1.165, 1.54) is 11.1 Å². The van der Waals surface area contributed by atoms with Crippen LogP contribution in [-0.4, -0.2) is 18.0 Å². The van der Waals surface area contributed by atoms with E-state index >= 15 is 0 Å². The number of nitrogens with zero attached hydrogens (tertiary/aromatic N) is 1. The van der Waals surface area contributed by atoms with Gasteiger partial charge < -0.3 is 10.2 Å². The van der Waals surface area contributed by atoms with E-state index in [0.717, 1.165) is 37.3 Å². The minimum Gasteiger partial charge on any atom is -0.384 e. The van der Waals surface area contributed by atoms with Gasteiger partial charge in [-0.3, -0.25) is 0 Å². The van der Waals surface area contributed by atoms with Crippen molar-refractivity contribution in [1.82, 2.24) is 4.90 Å². The highest BCUT2D eigenvalue weighted by Gasteiger charge is 2.27. The zero-order valence-corrected chi connectivity index (χ0v) is 12.4. The molecule has 22 heavy (non-hydrogen) atoms. The Kier molecular flexibility index (Phi) is 3.34. The third-order valence-electron chi connectivity index (χ3n) is 4.59. The molecule has 1 atom stereocenters. The Bertz CT molecular complexity index is 709. The molecule has 0 saturated heterocycles. The van der Waals surface area contributed by atoms with Gasteiger partial charge >= 0.3 is 0 Å². The minimum atomic E-state index is -0.178. The van der Waals surface area contributed by atoms with Crippen molar-refractivity contribution in [3.63, 3.8) is 0 Å². The van der Waals surface area contributed by atoms with Crippen molar-refractivity contribution >= 4 is 11.3 Å². The molecule has 1 unspecified atom stereocenters. The molecule has 2 heterocycles. The Labute approximate surface area is 130 Å². The first-order valence-corrected chi connectivity index (χ1v) is 7.83. The number of fused-ring (bicyclic) bond motifs is 3. The largest absolute Gasteiger partial charge is 0.384 e. The zero-order valence-electron chi connectivity index (χ0n) is 12.4. The Morgan fingerprint density at radius 3 is 2.86 bits per heavy atom. The molecular weight excluding hydrogens is 275 g/mol. The fourth-order valence-corrected chi connectivity index (χ4v) is 3.44. The molecule has 0 amide bonds. The van der Waals surface area contributed by atoms with Crippen LogP contribution in [0.1, 0.15) is 17.5 Å². The van der Waals surface area contributed by atoms with Crippen LogP contribution in [0.25, 0.3) is 5.57 Å². The van der Waals surface area contributed by atoms with Crippen molar-refractivity contribution in [3.8, 4) is 0 Å². The second kappa shape index (κ2) is 5.48. The lowest BCUT2D eigenvalue weighted by Gasteiger charge is -2.36. The lowest BCUT2D eigenvalue weighted by molar-refractivity contribution is 0.326. The average Bonchev–Trinajstić information content (AvgIpc) is 2.55. The number of rotatable bonds is 2. The van der Waals surface area contributed by atoms with E-state index in [2.05, 4.69) is 40.7 Å². The van der Waals surface area contributed by atoms with Crippen LogP contribution in [0, 0.1) is 11.7 Å². The SMILES string of the molecule is Fc1ccc2c(c1)NCC1CCN(Cc3ccccc3)C=C21. The maximum absolute atomic E-state index is 13.4. The van der Waals surface area contributed by atoms with Crippen molar-refractivity contribution in [2.75, 3.05) is 18.4 Å². The fourth-order valence-electron chi connectivity index (χ4n) is 3.44. The van der Waals surface area contributed by atoms with Gasteiger partial charge in [0, 0.05) is 43.0 Å². The Balaban J connectivity index is 1.64. The standard InChI is InChI=1S/C19H19FN2/c20-16-6-7-17-18-13-22(12-14-4-2-1-3-5-14)9-8-15(18)11-21-19(17)10-16/h1-7,10,13,15,21H,8-9,11-12H2. The molecule has 0 bridgehead atoms. The third kappa shape index (κ3) is 2.47. The van der Waals surface area contributed by atoms with E-state index in [-0.39, 0.29) is 5.82 Å². The van der Waals surface area contributed by atoms with Gasteiger partial charge in [-0.05, 0) is 35.8 Å². The van der Waals surface area contributed by atoms with Gasteiger partial charge in [0.25, 0.3) is 0 Å². The Hall–Kier alpha value is -2.29. The van der Waals surface area contributed by atoms with Gasteiger partial charge in [0.15, 0.2) is 0 Å². The molecule has 2 aliphatic rings. The third-order valence-corrected chi connectivity index (χ3v) is 4.59. The molecule has 2 aromatic carbocycles. The van der Waals surface area contributed by atoms with E-state index < -0.39 is 0 Å². The molecule has 2 aromatic rings. The van der Waals surface area contributed by atoms with Crippen LogP contribution in [0.5, 0.6) is 0 Å².